The van der Waals surface area contributed by atoms with Crippen LogP contribution in [-0.2, 0) is 0 Å². The monoisotopic (exact) mass is 156 g/mol. The van der Waals surface area contributed by atoms with Crippen LogP contribution >= 0.6 is 0 Å². The first-order valence-corrected chi connectivity index (χ1v) is 4.75. The maximum Gasteiger partial charge on any atom is -0.00462 e. The lowest BCUT2D eigenvalue weighted by Crippen LogP contribution is -2.31. The van der Waals surface area contributed by atoms with Crippen LogP contribution in [0.1, 0.15) is 26.2 Å². The lowest BCUT2D eigenvalue weighted by molar-refractivity contribution is 0.266. The van der Waals surface area contributed by atoms with Crippen molar-refractivity contribution in [3.63, 3.8) is 0 Å². The number of hydrogen-bond acceptors (Lipinski definition) is 2. The molecule has 0 aromatic rings. The van der Waals surface area contributed by atoms with E-state index in [1.54, 1.807) is 0 Å². The molecule has 0 saturated carbocycles. The Labute approximate surface area is 69.5 Å². The summed E-state index contributed by atoms with van der Waals surface area (Å²) in [6, 6.07) is 0. The molecule has 0 radical (unpaired) electrons. The molecular weight excluding hydrogens is 136 g/mol. The first-order valence-electron chi connectivity index (χ1n) is 4.75. The highest BCUT2D eigenvalue weighted by atomic mass is 14.9. The van der Waals surface area contributed by atoms with E-state index < -0.39 is 0 Å². The van der Waals surface area contributed by atoms with Crippen LogP contribution in [0.2, 0.25) is 0 Å². The molecular formula is C9H20N2. The summed E-state index contributed by atoms with van der Waals surface area (Å²) in [5, 5.41) is 3.38. The molecule has 1 saturated heterocycles. The van der Waals surface area contributed by atoms with E-state index in [1.807, 2.05) is 0 Å². The Balaban J connectivity index is 2.21. The first kappa shape index (κ1) is 9.01. The van der Waals surface area contributed by atoms with E-state index in [0.717, 1.165) is 18.4 Å². The summed E-state index contributed by atoms with van der Waals surface area (Å²) in [4.78, 5) is 0. The average molecular weight is 156 g/mol. The third-order valence-corrected chi connectivity index (χ3v) is 2.81. The maximum atomic E-state index is 5.52. The third-order valence-electron chi connectivity index (χ3n) is 2.81. The lowest BCUT2D eigenvalue weighted by atomic mass is 9.84. The molecule has 0 bridgehead atoms. The fraction of sp³-hybridized carbons (Fsp3) is 1.00. The second-order valence-corrected chi connectivity index (χ2v) is 3.64. The van der Waals surface area contributed by atoms with E-state index in [0.29, 0.717) is 0 Å². The van der Waals surface area contributed by atoms with Crippen molar-refractivity contribution in [2.24, 2.45) is 17.6 Å². The molecule has 1 aliphatic heterocycles. The molecule has 3 N–H and O–H groups in total. The molecule has 2 heteroatoms. The summed E-state index contributed by atoms with van der Waals surface area (Å²) in [5.41, 5.74) is 5.52. The Hall–Kier alpha value is -0.0800. The number of nitrogens with one attached hydrogen (secondary N) is 1. The molecule has 1 unspecified atom stereocenters. The van der Waals surface area contributed by atoms with E-state index in [4.69, 9.17) is 5.73 Å². The van der Waals surface area contributed by atoms with Crippen LogP contribution in [0.5, 0.6) is 0 Å². The second kappa shape index (κ2) is 4.73. The Morgan fingerprint density at radius 1 is 1.45 bits per heavy atom. The number of hydrogen-bond donors (Lipinski definition) is 2. The van der Waals surface area contributed by atoms with E-state index in [2.05, 4.69) is 12.2 Å². The van der Waals surface area contributed by atoms with Crippen molar-refractivity contribution >= 4 is 0 Å². The van der Waals surface area contributed by atoms with Crippen LogP contribution in [0, 0.1) is 11.8 Å². The van der Waals surface area contributed by atoms with Crippen molar-refractivity contribution < 1.29 is 0 Å². The van der Waals surface area contributed by atoms with E-state index in [9.17, 15) is 0 Å². The van der Waals surface area contributed by atoms with Gasteiger partial charge in [-0.3, -0.25) is 0 Å². The predicted octanol–water partition coefficient (Wildman–Crippen LogP) is 0.971. The van der Waals surface area contributed by atoms with E-state index in [-0.39, 0.29) is 0 Å². The first-order chi connectivity index (χ1) is 5.34. The van der Waals surface area contributed by atoms with Crippen LogP contribution < -0.4 is 11.1 Å². The van der Waals surface area contributed by atoms with Crippen molar-refractivity contribution in [1.82, 2.24) is 5.32 Å². The SMILES string of the molecule is CC(CCN)C1CCNCC1. The van der Waals surface area contributed by atoms with Crippen molar-refractivity contribution in [3.05, 3.63) is 0 Å². The van der Waals surface area contributed by atoms with Gasteiger partial charge in [-0.2, -0.15) is 0 Å². The smallest absolute Gasteiger partial charge is 0.00462 e. The van der Waals surface area contributed by atoms with Crippen molar-refractivity contribution in [2.45, 2.75) is 26.2 Å². The van der Waals surface area contributed by atoms with Crippen molar-refractivity contribution in [3.8, 4) is 0 Å². The minimum Gasteiger partial charge on any atom is -0.330 e. The van der Waals surface area contributed by atoms with Gasteiger partial charge in [-0.25, -0.2) is 0 Å². The van der Waals surface area contributed by atoms with Gasteiger partial charge >= 0.3 is 0 Å². The highest BCUT2D eigenvalue weighted by Crippen LogP contribution is 2.23. The molecule has 1 heterocycles. The number of nitrogens with two attached hydrogens (primary N) is 1. The Kier molecular flexibility index (Phi) is 3.87. The van der Waals surface area contributed by atoms with Gasteiger partial charge in [0.2, 0.25) is 0 Å². The van der Waals surface area contributed by atoms with Gasteiger partial charge in [-0.05, 0) is 50.7 Å². The Morgan fingerprint density at radius 3 is 2.64 bits per heavy atom. The van der Waals surface area contributed by atoms with Gasteiger partial charge in [-0.1, -0.05) is 6.92 Å². The predicted molar refractivity (Wildman–Crippen MR) is 48.4 cm³/mol. The van der Waals surface area contributed by atoms with E-state index in [1.165, 1.54) is 32.4 Å². The fourth-order valence-corrected chi connectivity index (χ4v) is 1.91. The Morgan fingerprint density at radius 2 is 2.09 bits per heavy atom. The molecule has 0 aromatic carbocycles. The largest absolute Gasteiger partial charge is 0.330 e. The van der Waals surface area contributed by atoms with E-state index >= 15 is 0 Å². The number of rotatable bonds is 3. The zero-order chi connectivity index (χ0) is 8.10. The molecule has 1 rings (SSSR count). The van der Waals surface area contributed by atoms with Gasteiger partial charge in [0.25, 0.3) is 0 Å². The van der Waals surface area contributed by atoms with Gasteiger partial charge < -0.3 is 11.1 Å². The van der Waals surface area contributed by atoms with Crippen LogP contribution in [0.4, 0.5) is 0 Å². The van der Waals surface area contributed by atoms with Crippen LogP contribution in [0.15, 0.2) is 0 Å². The lowest BCUT2D eigenvalue weighted by Gasteiger charge is -2.27. The summed E-state index contributed by atoms with van der Waals surface area (Å²) < 4.78 is 0. The fourth-order valence-electron chi connectivity index (χ4n) is 1.91. The molecule has 11 heavy (non-hydrogen) atoms. The van der Waals surface area contributed by atoms with Crippen molar-refractivity contribution in [2.75, 3.05) is 19.6 Å². The molecule has 66 valence electrons. The van der Waals surface area contributed by atoms with Gasteiger partial charge in [0.1, 0.15) is 0 Å². The van der Waals surface area contributed by atoms with Crippen LogP contribution in [0.25, 0.3) is 0 Å². The zero-order valence-corrected chi connectivity index (χ0v) is 7.47. The summed E-state index contributed by atoms with van der Waals surface area (Å²) in [6.07, 6.45) is 3.90. The topological polar surface area (TPSA) is 38.0 Å². The van der Waals surface area contributed by atoms with Gasteiger partial charge in [0.05, 0.1) is 0 Å². The van der Waals surface area contributed by atoms with Gasteiger partial charge in [-0.15, -0.1) is 0 Å². The molecule has 0 amide bonds. The Bertz CT molecular complexity index is 97.7. The molecule has 0 aliphatic carbocycles. The van der Waals surface area contributed by atoms with Crippen LogP contribution in [0.3, 0.4) is 0 Å². The highest BCUT2D eigenvalue weighted by molar-refractivity contribution is 4.73. The summed E-state index contributed by atoms with van der Waals surface area (Å²) in [5.74, 6) is 1.77. The standard InChI is InChI=1S/C9H20N2/c1-8(2-5-10)9-3-6-11-7-4-9/h8-9,11H,2-7,10H2,1H3. The molecule has 0 aromatic heterocycles. The van der Waals surface area contributed by atoms with Gasteiger partial charge in [0, 0.05) is 0 Å². The summed E-state index contributed by atoms with van der Waals surface area (Å²) in [7, 11) is 0. The zero-order valence-electron chi connectivity index (χ0n) is 7.47. The molecule has 1 fully saturated rings. The molecule has 1 aliphatic rings. The number of piperidine rings is 1. The summed E-state index contributed by atoms with van der Waals surface area (Å²) in [6.45, 7) is 5.60. The van der Waals surface area contributed by atoms with Crippen molar-refractivity contribution in [1.29, 1.82) is 0 Å². The maximum absolute atomic E-state index is 5.52. The third kappa shape index (κ3) is 2.80. The molecule has 2 nitrogen and oxygen atoms in total. The van der Waals surface area contributed by atoms with Crippen LogP contribution in [-0.4, -0.2) is 19.6 Å². The summed E-state index contributed by atoms with van der Waals surface area (Å²) >= 11 is 0. The molecule has 0 spiro atoms. The van der Waals surface area contributed by atoms with Gasteiger partial charge in [0.15, 0.2) is 0 Å². The average Bonchev–Trinajstić information content (AvgIpc) is 2.07. The minimum atomic E-state index is 0.835. The molecule has 1 atom stereocenters. The normalized spacial score (nSPS) is 23.5. The minimum absolute atomic E-state index is 0.835. The highest BCUT2D eigenvalue weighted by Gasteiger charge is 2.18. The quantitative estimate of drug-likeness (QED) is 0.639. The second-order valence-electron chi connectivity index (χ2n) is 3.64.